The lowest BCUT2D eigenvalue weighted by atomic mass is 10.0. The SMILES string of the molecule is COc1ccc2ccc(OC)c(/C=N/NC(=O)COc3ccccc3OC)c2c1. The Morgan fingerprint density at radius 3 is 2.38 bits per heavy atom. The summed E-state index contributed by atoms with van der Waals surface area (Å²) >= 11 is 0. The van der Waals surface area contributed by atoms with Crippen LogP contribution in [0.15, 0.2) is 59.7 Å². The van der Waals surface area contributed by atoms with Gasteiger partial charge in [0, 0.05) is 5.56 Å². The van der Waals surface area contributed by atoms with Gasteiger partial charge in [-0.1, -0.05) is 24.3 Å². The largest absolute Gasteiger partial charge is 0.497 e. The van der Waals surface area contributed by atoms with Crippen LogP contribution in [0, 0.1) is 0 Å². The fourth-order valence-electron chi connectivity index (χ4n) is 2.82. The maximum Gasteiger partial charge on any atom is 0.277 e. The molecule has 0 unspecified atom stereocenters. The van der Waals surface area contributed by atoms with Crippen molar-refractivity contribution in [1.82, 2.24) is 5.43 Å². The van der Waals surface area contributed by atoms with E-state index in [4.69, 9.17) is 18.9 Å². The molecule has 0 saturated heterocycles. The molecule has 0 aliphatic heterocycles. The van der Waals surface area contributed by atoms with Crippen LogP contribution in [0.5, 0.6) is 23.0 Å². The second-order valence-corrected chi connectivity index (χ2v) is 6.00. The summed E-state index contributed by atoms with van der Waals surface area (Å²) in [7, 11) is 4.73. The van der Waals surface area contributed by atoms with Gasteiger partial charge in [0.25, 0.3) is 5.91 Å². The van der Waals surface area contributed by atoms with Crippen molar-refractivity contribution >= 4 is 22.9 Å². The summed E-state index contributed by atoms with van der Waals surface area (Å²) in [5.41, 5.74) is 3.19. The number of carbonyl (C=O) groups is 1. The van der Waals surface area contributed by atoms with E-state index in [1.165, 1.54) is 0 Å². The maximum absolute atomic E-state index is 12.1. The van der Waals surface area contributed by atoms with E-state index in [9.17, 15) is 4.79 Å². The smallest absolute Gasteiger partial charge is 0.277 e. The molecule has 0 aliphatic rings. The van der Waals surface area contributed by atoms with E-state index in [0.717, 1.165) is 22.1 Å². The second-order valence-electron chi connectivity index (χ2n) is 6.00. The number of nitrogens with one attached hydrogen (secondary N) is 1. The Labute approximate surface area is 168 Å². The van der Waals surface area contributed by atoms with Crippen LogP contribution in [0.4, 0.5) is 0 Å². The first-order chi connectivity index (χ1) is 14.2. The number of para-hydroxylation sites is 2. The van der Waals surface area contributed by atoms with E-state index in [0.29, 0.717) is 17.2 Å². The highest BCUT2D eigenvalue weighted by Gasteiger charge is 2.09. The number of carbonyl (C=O) groups excluding carboxylic acids is 1. The van der Waals surface area contributed by atoms with Gasteiger partial charge in [0.1, 0.15) is 11.5 Å². The second kappa shape index (κ2) is 9.45. The minimum atomic E-state index is -0.399. The third-order valence-corrected chi connectivity index (χ3v) is 4.26. The fraction of sp³-hybridized carbons (Fsp3) is 0.182. The van der Waals surface area contributed by atoms with E-state index in [1.54, 1.807) is 45.7 Å². The van der Waals surface area contributed by atoms with E-state index >= 15 is 0 Å². The Morgan fingerprint density at radius 1 is 0.931 bits per heavy atom. The lowest BCUT2D eigenvalue weighted by Crippen LogP contribution is -2.24. The predicted molar refractivity (Wildman–Crippen MR) is 111 cm³/mol. The van der Waals surface area contributed by atoms with Crippen molar-refractivity contribution in [1.29, 1.82) is 0 Å². The van der Waals surface area contributed by atoms with Crippen molar-refractivity contribution in [2.45, 2.75) is 0 Å². The number of methoxy groups -OCH3 is 3. The number of fused-ring (bicyclic) bond motifs is 1. The molecule has 1 N–H and O–H groups in total. The number of ether oxygens (including phenoxy) is 4. The highest BCUT2D eigenvalue weighted by molar-refractivity contribution is 6.03. The molecule has 150 valence electrons. The monoisotopic (exact) mass is 394 g/mol. The number of benzene rings is 3. The summed E-state index contributed by atoms with van der Waals surface area (Å²) in [5.74, 6) is 1.99. The van der Waals surface area contributed by atoms with Crippen molar-refractivity contribution in [2.75, 3.05) is 27.9 Å². The van der Waals surface area contributed by atoms with Crippen LogP contribution in [-0.2, 0) is 4.79 Å². The fourth-order valence-corrected chi connectivity index (χ4v) is 2.82. The molecular formula is C22H22N2O5. The van der Waals surface area contributed by atoms with E-state index < -0.39 is 5.91 Å². The van der Waals surface area contributed by atoms with Gasteiger partial charge < -0.3 is 18.9 Å². The number of nitrogens with zero attached hydrogens (tertiary/aromatic N) is 1. The molecule has 3 aromatic carbocycles. The molecule has 0 fully saturated rings. The van der Waals surface area contributed by atoms with Crippen LogP contribution < -0.4 is 24.4 Å². The van der Waals surface area contributed by atoms with Crippen molar-refractivity contribution in [3.63, 3.8) is 0 Å². The average molecular weight is 394 g/mol. The van der Waals surface area contributed by atoms with Gasteiger partial charge in [0.15, 0.2) is 18.1 Å². The zero-order valence-electron chi connectivity index (χ0n) is 16.5. The number of amides is 1. The molecular weight excluding hydrogens is 372 g/mol. The van der Waals surface area contributed by atoms with E-state index in [-0.39, 0.29) is 6.61 Å². The molecule has 0 spiro atoms. The highest BCUT2D eigenvalue weighted by atomic mass is 16.5. The van der Waals surface area contributed by atoms with Crippen LogP contribution >= 0.6 is 0 Å². The molecule has 29 heavy (non-hydrogen) atoms. The molecule has 1 amide bonds. The van der Waals surface area contributed by atoms with Gasteiger partial charge in [-0.2, -0.15) is 5.10 Å². The molecule has 0 heterocycles. The van der Waals surface area contributed by atoms with Crippen LogP contribution in [0.1, 0.15) is 5.56 Å². The number of rotatable bonds is 8. The zero-order chi connectivity index (χ0) is 20.6. The van der Waals surface area contributed by atoms with Crippen molar-refractivity contribution in [3.8, 4) is 23.0 Å². The molecule has 3 rings (SSSR count). The normalized spacial score (nSPS) is 10.7. The van der Waals surface area contributed by atoms with Crippen LogP contribution in [0.25, 0.3) is 10.8 Å². The Kier molecular flexibility index (Phi) is 6.52. The van der Waals surface area contributed by atoms with Crippen molar-refractivity contribution < 1.29 is 23.7 Å². The maximum atomic E-state index is 12.1. The highest BCUT2D eigenvalue weighted by Crippen LogP contribution is 2.29. The summed E-state index contributed by atoms with van der Waals surface area (Å²) in [5, 5.41) is 5.95. The number of hydrogen-bond donors (Lipinski definition) is 1. The van der Waals surface area contributed by atoms with Gasteiger partial charge in [-0.25, -0.2) is 5.43 Å². The quantitative estimate of drug-likeness (QED) is 0.468. The van der Waals surface area contributed by atoms with Crippen LogP contribution in [0.3, 0.4) is 0 Å². The molecule has 3 aromatic rings. The first-order valence-electron chi connectivity index (χ1n) is 8.88. The Bertz CT molecular complexity index is 1030. The average Bonchev–Trinajstić information content (AvgIpc) is 2.77. The predicted octanol–water partition coefficient (Wildman–Crippen LogP) is 3.39. The summed E-state index contributed by atoms with van der Waals surface area (Å²) in [6.07, 6.45) is 1.54. The first kappa shape index (κ1) is 20.0. The lowest BCUT2D eigenvalue weighted by Gasteiger charge is -2.10. The molecule has 0 bridgehead atoms. The van der Waals surface area contributed by atoms with Gasteiger partial charge in [-0.15, -0.1) is 0 Å². The van der Waals surface area contributed by atoms with Gasteiger partial charge in [-0.05, 0) is 41.1 Å². The number of hydrogen-bond acceptors (Lipinski definition) is 6. The minimum Gasteiger partial charge on any atom is -0.497 e. The summed E-state index contributed by atoms with van der Waals surface area (Å²) in [6, 6.07) is 16.6. The summed E-state index contributed by atoms with van der Waals surface area (Å²) in [4.78, 5) is 12.1. The molecule has 7 nitrogen and oxygen atoms in total. The van der Waals surface area contributed by atoms with Crippen molar-refractivity contribution in [3.05, 3.63) is 60.2 Å². The third kappa shape index (κ3) is 4.76. The topological polar surface area (TPSA) is 78.4 Å². The number of hydrazone groups is 1. The Morgan fingerprint density at radius 2 is 1.66 bits per heavy atom. The standard InChI is InChI=1S/C22H22N2O5/c1-26-16-10-8-15-9-11-19(27-2)18(17(15)12-16)13-23-24-22(25)14-29-21-7-5-4-6-20(21)28-3/h4-13H,14H2,1-3H3,(H,24,25)/b23-13+. The molecule has 0 aromatic heterocycles. The molecule has 0 atom stereocenters. The molecule has 0 saturated carbocycles. The molecule has 7 heteroatoms. The summed E-state index contributed by atoms with van der Waals surface area (Å²) in [6.45, 7) is -0.196. The Balaban J connectivity index is 1.72. The minimum absolute atomic E-state index is 0.196. The first-order valence-corrected chi connectivity index (χ1v) is 8.88. The summed E-state index contributed by atoms with van der Waals surface area (Å²) < 4.78 is 21.4. The van der Waals surface area contributed by atoms with Crippen LogP contribution in [-0.4, -0.2) is 40.1 Å². The molecule has 0 radical (unpaired) electrons. The third-order valence-electron chi connectivity index (χ3n) is 4.26. The molecule has 0 aliphatic carbocycles. The van der Waals surface area contributed by atoms with E-state index in [2.05, 4.69) is 10.5 Å². The van der Waals surface area contributed by atoms with E-state index in [1.807, 2.05) is 36.4 Å². The Hall–Kier alpha value is -3.74. The van der Waals surface area contributed by atoms with Crippen LogP contribution in [0.2, 0.25) is 0 Å². The van der Waals surface area contributed by atoms with Gasteiger partial charge in [0.05, 0.1) is 27.5 Å². The van der Waals surface area contributed by atoms with Crippen molar-refractivity contribution in [2.24, 2.45) is 5.10 Å². The zero-order valence-corrected chi connectivity index (χ0v) is 16.5. The van der Waals surface area contributed by atoms with Gasteiger partial charge >= 0.3 is 0 Å². The lowest BCUT2D eigenvalue weighted by molar-refractivity contribution is -0.123. The van der Waals surface area contributed by atoms with Gasteiger partial charge in [0.2, 0.25) is 0 Å². The van der Waals surface area contributed by atoms with Gasteiger partial charge in [-0.3, -0.25) is 4.79 Å².